The Kier molecular flexibility index (Phi) is 8.01. The van der Waals surface area contributed by atoms with Crippen molar-refractivity contribution in [3.05, 3.63) is 0 Å². The van der Waals surface area contributed by atoms with Gasteiger partial charge in [-0.15, -0.1) is 0 Å². The minimum atomic E-state index is -2.06. The molecule has 0 aromatic rings. The summed E-state index contributed by atoms with van der Waals surface area (Å²) in [6, 6.07) is -1.83. The lowest BCUT2D eigenvalue weighted by Gasteiger charge is -2.32. The highest BCUT2D eigenvalue weighted by atomic mass is 16.4. The first kappa shape index (κ1) is 22.7. The van der Waals surface area contributed by atoms with Crippen molar-refractivity contribution in [2.75, 3.05) is 13.1 Å². The van der Waals surface area contributed by atoms with Gasteiger partial charge in [0.15, 0.2) is 11.6 Å². The molecule has 0 aromatic heterocycles. The minimum absolute atomic E-state index is 0.240. The molecule has 1 fully saturated rings. The predicted octanol–water partition coefficient (Wildman–Crippen LogP) is -0.993. The van der Waals surface area contributed by atoms with Gasteiger partial charge >= 0.3 is 5.97 Å². The SMILES string of the molecule is CCCN(CCC)C(=O)C(NC(C)=O)[C@H]1C[C@](O)(C(=O)O)C[C@@H]1N=C(N)N. The number of nitrogens with one attached hydrogen (secondary N) is 1. The summed E-state index contributed by atoms with van der Waals surface area (Å²) in [5.74, 6) is -3.19. The predicted molar refractivity (Wildman–Crippen MR) is 99.7 cm³/mol. The molecule has 10 nitrogen and oxygen atoms in total. The third-order valence-corrected chi connectivity index (χ3v) is 4.68. The summed E-state index contributed by atoms with van der Waals surface area (Å²) in [5, 5.41) is 22.4. The van der Waals surface area contributed by atoms with Crippen molar-refractivity contribution in [3.8, 4) is 0 Å². The van der Waals surface area contributed by atoms with Gasteiger partial charge in [0, 0.05) is 32.4 Å². The molecule has 0 saturated heterocycles. The molecule has 1 unspecified atom stereocenters. The number of aliphatic hydroxyl groups is 1. The Morgan fingerprint density at radius 2 is 1.78 bits per heavy atom. The quantitative estimate of drug-likeness (QED) is 0.250. The second-order valence-corrected chi connectivity index (χ2v) is 7.03. The summed E-state index contributed by atoms with van der Waals surface area (Å²) in [7, 11) is 0. The van der Waals surface area contributed by atoms with E-state index in [9.17, 15) is 24.6 Å². The number of hydrogen-bond donors (Lipinski definition) is 5. The van der Waals surface area contributed by atoms with Crippen LogP contribution in [0, 0.1) is 5.92 Å². The van der Waals surface area contributed by atoms with E-state index in [0.29, 0.717) is 13.1 Å². The number of aliphatic carboxylic acids is 1. The van der Waals surface area contributed by atoms with E-state index in [-0.39, 0.29) is 24.7 Å². The summed E-state index contributed by atoms with van der Waals surface area (Å²) in [4.78, 5) is 42.0. The number of hydrogen-bond acceptors (Lipinski definition) is 5. The first-order chi connectivity index (χ1) is 12.6. The fourth-order valence-electron chi connectivity index (χ4n) is 3.59. The zero-order chi connectivity index (χ0) is 20.8. The van der Waals surface area contributed by atoms with Crippen LogP contribution in [0.1, 0.15) is 46.5 Å². The summed E-state index contributed by atoms with van der Waals surface area (Å²) >= 11 is 0. The van der Waals surface area contributed by atoms with Gasteiger partial charge < -0.3 is 31.9 Å². The van der Waals surface area contributed by atoms with Gasteiger partial charge in [-0.2, -0.15) is 0 Å². The summed E-state index contributed by atoms with van der Waals surface area (Å²) in [5.41, 5.74) is 8.83. The highest BCUT2D eigenvalue weighted by molar-refractivity contribution is 5.88. The van der Waals surface area contributed by atoms with Crippen LogP contribution >= 0.6 is 0 Å². The Bertz CT molecular complexity index is 586. The molecule has 1 aliphatic rings. The van der Waals surface area contributed by atoms with Crippen molar-refractivity contribution < 1.29 is 24.6 Å². The lowest BCUT2D eigenvalue weighted by atomic mass is 9.91. The maximum atomic E-state index is 13.1. The molecule has 0 aliphatic heterocycles. The van der Waals surface area contributed by atoms with Crippen LogP contribution in [0.4, 0.5) is 0 Å². The van der Waals surface area contributed by atoms with E-state index in [1.807, 2.05) is 13.8 Å². The second kappa shape index (κ2) is 9.54. The number of guanidine groups is 1. The maximum absolute atomic E-state index is 13.1. The van der Waals surface area contributed by atoms with Gasteiger partial charge in [-0.05, 0) is 19.3 Å². The standard InChI is InChI=1S/C17H31N5O5/c1-4-6-22(7-5-2)14(24)13(20-10(3)23)11-8-17(27,15(25)26)9-12(11)21-16(18)19/h11-13,27H,4-9H2,1-3H3,(H,20,23)(H,25,26)(H4,18,19,21)/t11-,12-,13?,17+/m0/s1. The molecule has 0 aromatic carbocycles. The summed E-state index contributed by atoms with van der Waals surface area (Å²) < 4.78 is 0. The number of carboxylic acid groups (broad SMARTS) is 1. The monoisotopic (exact) mass is 385 g/mol. The van der Waals surface area contributed by atoms with Crippen molar-refractivity contribution >= 4 is 23.7 Å². The van der Waals surface area contributed by atoms with Gasteiger partial charge in [0.1, 0.15) is 6.04 Å². The largest absolute Gasteiger partial charge is 0.479 e. The molecule has 154 valence electrons. The van der Waals surface area contributed by atoms with Crippen LogP contribution in [0.15, 0.2) is 4.99 Å². The Hall–Kier alpha value is -2.36. The van der Waals surface area contributed by atoms with Gasteiger partial charge in [-0.3, -0.25) is 9.59 Å². The molecule has 1 rings (SSSR count). The van der Waals surface area contributed by atoms with Gasteiger partial charge in [-0.1, -0.05) is 13.8 Å². The molecule has 2 amide bonds. The molecule has 4 atom stereocenters. The molecular formula is C17H31N5O5. The lowest BCUT2D eigenvalue weighted by molar-refractivity contribution is -0.158. The first-order valence-corrected chi connectivity index (χ1v) is 9.16. The molecule has 10 heteroatoms. The van der Waals surface area contributed by atoms with E-state index in [1.165, 1.54) is 6.92 Å². The van der Waals surface area contributed by atoms with E-state index in [0.717, 1.165) is 12.8 Å². The number of rotatable bonds is 9. The van der Waals surface area contributed by atoms with E-state index in [4.69, 9.17) is 11.5 Å². The fraction of sp³-hybridized carbons (Fsp3) is 0.765. The topological polar surface area (TPSA) is 171 Å². The van der Waals surface area contributed by atoms with E-state index < -0.39 is 35.5 Å². The molecule has 1 aliphatic carbocycles. The molecule has 27 heavy (non-hydrogen) atoms. The van der Waals surface area contributed by atoms with Crippen LogP contribution in [0.3, 0.4) is 0 Å². The van der Waals surface area contributed by atoms with Crippen molar-refractivity contribution in [1.82, 2.24) is 10.2 Å². The average molecular weight is 385 g/mol. The van der Waals surface area contributed by atoms with Crippen LogP contribution in [0.5, 0.6) is 0 Å². The van der Waals surface area contributed by atoms with Gasteiger partial charge in [0.05, 0.1) is 6.04 Å². The van der Waals surface area contributed by atoms with Crippen molar-refractivity contribution in [3.63, 3.8) is 0 Å². The normalized spacial score (nSPS) is 25.5. The molecule has 7 N–H and O–H groups in total. The Balaban J connectivity index is 3.28. The van der Waals surface area contributed by atoms with Gasteiger partial charge in [0.2, 0.25) is 11.8 Å². The van der Waals surface area contributed by atoms with Crippen LogP contribution in [-0.4, -0.2) is 69.6 Å². The van der Waals surface area contributed by atoms with Crippen molar-refractivity contribution in [2.45, 2.75) is 64.1 Å². The number of carbonyl (C=O) groups excluding carboxylic acids is 2. The lowest BCUT2D eigenvalue weighted by Crippen LogP contribution is -2.54. The number of amides is 2. The first-order valence-electron chi connectivity index (χ1n) is 9.16. The number of carboxylic acids is 1. The highest BCUT2D eigenvalue weighted by Gasteiger charge is 2.53. The number of aliphatic imine (C=N–C) groups is 1. The Morgan fingerprint density at radius 1 is 1.22 bits per heavy atom. The fourth-order valence-corrected chi connectivity index (χ4v) is 3.59. The number of carbonyl (C=O) groups is 3. The zero-order valence-electron chi connectivity index (χ0n) is 16.1. The van der Waals surface area contributed by atoms with Crippen LogP contribution in [-0.2, 0) is 14.4 Å². The molecule has 0 bridgehead atoms. The van der Waals surface area contributed by atoms with Crippen molar-refractivity contribution in [2.24, 2.45) is 22.4 Å². The van der Waals surface area contributed by atoms with Crippen LogP contribution in [0.25, 0.3) is 0 Å². The minimum Gasteiger partial charge on any atom is -0.479 e. The third kappa shape index (κ3) is 5.81. The maximum Gasteiger partial charge on any atom is 0.335 e. The molecule has 0 radical (unpaired) electrons. The average Bonchev–Trinajstić information content (AvgIpc) is 2.88. The van der Waals surface area contributed by atoms with Crippen LogP contribution < -0.4 is 16.8 Å². The summed E-state index contributed by atoms with van der Waals surface area (Å²) in [6.45, 7) is 6.16. The van der Waals surface area contributed by atoms with Gasteiger partial charge in [-0.25, -0.2) is 9.79 Å². The number of nitrogens with two attached hydrogens (primary N) is 2. The Labute approximate surface area is 159 Å². The molecule has 0 spiro atoms. The molecular weight excluding hydrogens is 354 g/mol. The zero-order valence-corrected chi connectivity index (χ0v) is 16.1. The molecule has 0 heterocycles. The second-order valence-electron chi connectivity index (χ2n) is 7.03. The van der Waals surface area contributed by atoms with E-state index in [1.54, 1.807) is 4.90 Å². The number of nitrogens with zero attached hydrogens (tertiary/aromatic N) is 2. The van der Waals surface area contributed by atoms with E-state index in [2.05, 4.69) is 10.3 Å². The Morgan fingerprint density at radius 3 is 2.19 bits per heavy atom. The third-order valence-electron chi connectivity index (χ3n) is 4.68. The van der Waals surface area contributed by atoms with E-state index >= 15 is 0 Å². The van der Waals surface area contributed by atoms with Crippen LogP contribution in [0.2, 0.25) is 0 Å². The molecule has 1 saturated carbocycles. The van der Waals surface area contributed by atoms with Crippen molar-refractivity contribution in [1.29, 1.82) is 0 Å². The summed E-state index contributed by atoms with van der Waals surface area (Å²) in [6.07, 6.45) is 0.988. The van der Waals surface area contributed by atoms with Gasteiger partial charge in [0.25, 0.3) is 0 Å². The smallest absolute Gasteiger partial charge is 0.335 e. The highest BCUT2D eigenvalue weighted by Crippen LogP contribution is 2.39.